The summed E-state index contributed by atoms with van der Waals surface area (Å²) in [6, 6.07) is 9.17. The van der Waals surface area contributed by atoms with Gasteiger partial charge in [0.15, 0.2) is 0 Å². The Morgan fingerprint density at radius 2 is 1.78 bits per heavy atom. The summed E-state index contributed by atoms with van der Waals surface area (Å²) >= 11 is 0.845. The molecule has 4 rings (SSSR count). The Labute approximate surface area is 187 Å². The minimum Gasteiger partial charge on any atom is -0.411 e. The Hall–Kier alpha value is -2.87. The topological polar surface area (TPSA) is 123 Å². The molecule has 13 heteroatoms. The van der Waals surface area contributed by atoms with E-state index in [0.29, 0.717) is 31.7 Å². The van der Waals surface area contributed by atoms with Crippen molar-refractivity contribution in [1.29, 1.82) is 0 Å². The van der Waals surface area contributed by atoms with E-state index in [1.807, 2.05) is 11.9 Å². The van der Waals surface area contributed by atoms with Crippen LogP contribution in [0, 0.1) is 15.9 Å². The molecule has 0 N–H and O–H groups in total. The Balaban J connectivity index is 1.59. The number of hydrogen-bond donors (Lipinski definition) is 0. The Kier molecular flexibility index (Phi) is 6.24. The Morgan fingerprint density at radius 3 is 2.44 bits per heavy atom. The maximum atomic E-state index is 13.1. The highest BCUT2D eigenvalue weighted by Gasteiger charge is 2.30. The fraction of sp³-hybridized carbons (Fsp3) is 0.263. The SMILES string of the molecule is CN1CCN(S(=O)(=O)c2ccc(Sc3nnc(-c4ccc(F)cc4)o3)c([N+](=O)[O-])c2)CC1. The molecular formula is C19H18FN5O5S2. The summed E-state index contributed by atoms with van der Waals surface area (Å²) in [5, 5.41) is 19.4. The molecule has 0 unspecified atom stereocenters. The second kappa shape index (κ2) is 8.94. The number of halogens is 1. The molecule has 1 saturated heterocycles. The van der Waals surface area contributed by atoms with Crippen molar-refractivity contribution in [3.63, 3.8) is 0 Å². The number of rotatable bonds is 6. The fourth-order valence-electron chi connectivity index (χ4n) is 3.12. The molecular weight excluding hydrogens is 461 g/mol. The molecule has 32 heavy (non-hydrogen) atoms. The lowest BCUT2D eigenvalue weighted by Crippen LogP contribution is -2.47. The van der Waals surface area contributed by atoms with Crippen molar-refractivity contribution < 1.29 is 22.1 Å². The quantitative estimate of drug-likeness (QED) is 0.388. The summed E-state index contributed by atoms with van der Waals surface area (Å²) in [5.74, 6) is -0.283. The van der Waals surface area contributed by atoms with Crippen molar-refractivity contribution in [2.45, 2.75) is 15.0 Å². The third-order valence-electron chi connectivity index (χ3n) is 4.92. The highest BCUT2D eigenvalue weighted by atomic mass is 32.2. The van der Waals surface area contributed by atoms with E-state index in [2.05, 4.69) is 10.2 Å². The second-order valence-corrected chi connectivity index (χ2v) is 10.0. The maximum absolute atomic E-state index is 13.1. The number of nitro groups is 1. The minimum atomic E-state index is -3.86. The summed E-state index contributed by atoms with van der Waals surface area (Å²) in [6.07, 6.45) is 0. The van der Waals surface area contributed by atoms with E-state index in [-0.39, 0.29) is 26.6 Å². The summed E-state index contributed by atoms with van der Waals surface area (Å²) in [7, 11) is -1.95. The zero-order valence-corrected chi connectivity index (χ0v) is 18.5. The number of sulfonamides is 1. The van der Waals surface area contributed by atoms with Gasteiger partial charge in [0.1, 0.15) is 5.82 Å². The van der Waals surface area contributed by atoms with Crippen molar-refractivity contribution in [2.75, 3.05) is 33.2 Å². The minimum absolute atomic E-state index is 0.0297. The molecule has 0 aliphatic carbocycles. The van der Waals surface area contributed by atoms with Crippen LogP contribution in [0.5, 0.6) is 0 Å². The first kappa shape index (κ1) is 22.3. The van der Waals surface area contributed by atoms with Crippen LogP contribution >= 0.6 is 11.8 Å². The number of hydrogen-bond acceptors (Lipinski definition) is 9. The lowest BCUT2D eigenvalue weighted by atomic mass is 10.2. The summed E-state index contributed by atoms with van der Waals surface area (Å²) in [4.78, 5) is 13.0. The van der Waals surface area contributed by atoms with Gasteiger partial charge in [-0.2, -0.15) is 4.31 Å². The Bertz CT molecular complexity index is 1240. The lowest BCUT2D eigenvalue weighted by Gasteiger charge is -2.31. The molecule has 2 heterocycles. The smallest absolute Gasteiger partial charge is 0.284 e. The van der Waals surface area contributed by atoms with Gasteiger partial charge in [-0.05, 0) is 55.2 Å². The van der Waals surface area contributed by atoms with Gasteiger partial charge in [0.2, 0.25) is 15.9 Å². The molecule has 0 radical (unpaired) electrons. The van der Waals surface area contributed by atoms with Crippen LogP contribution in [0.25, 0.3) is 11.5 Å². The predicted molar refractivity (Wildman–Crippen MR) is 113 cm³/mol. The maximum Gasteiger partial charge on any atom is 0.284 e. The van der Waals surface area contributed by atoms with Crippen molar-refractivity contribution in [1.82, 2.24) is 19.4 Å². The number of piperazine rings is 1. The fourth-order valence-corrected chi connectivity index (χ4v) is 5.33. The second-order valence-electron chi connectivity index (χ2n) is 7.08. The molecule has 0 saturated carbocycles. The number of likely N-dealkylation sites (N-methyl/N-ethyl adjacent to an activating group) is 1. The van der Waals surface area contributed by atoms with Gasteiger partial charge in [-0.15, -0.1) is 10.2 Å². The van der Waals surface area contributed by atoms with Gasteiger partial charge in [-0.25, -0.2) is 12.8 Å². The molecule has 0 bridgehead atoms. The molecule has 168 valence electrons. The van der Waals surface area contributed by atoms with Gasteiger partial charge in [-0.1, -0.05) is 0 Å². The third kappa shape index (κ3) is 4.65. The van der Waals surface area contributed by atoms with E-state index < -0.39 is 20.8 Å². The predicted octanol–water partition coefficient (Wildman–Crippen LogP) is 2.87. The van der Waals surface area contributed by atoms with Gasteiger partial charge in [0, 0.05) is 37.8 Å². The molecule has 1 aliphatic rings. The van der Waals surface area contributed by atoms with Gasteiger partial charge < -0.3 is 9.32 Å². The largest absolute Gasteiger partial charge is 0.411 e. The standard InChI is InChI=1S/C19H18FN5O5S2/c1-23-8-10-24(11-9-23)32(28,29)15-6-7-17(16(12-15)25(26)27)31-19-22-21-18(30-19)13-2-4-14(20)5-3-13/h2-7,12H,8-11H2,1H3. The summed E-state index contributed by atoms with van der Waals surface area (Å²) < 4.78 is 45.8. The first-order valence-electron chi connectivity index (χ1n) is 9.48. The molecule has 10 nitrogen and oxygen atoms in total. The van der Waals surface area contributed by atoms with Gasteiger partial charge in [0.25, 0.3) is 10.9 Å². The average molecular weight is 480 g/mol. The van der Waals surface area contributed by atoms with E-state index in [0.717, 1.165) is 17.8 Å². The molecule has 3 aromatic rings. The molecule has 1 fully saturated rings. The molecule has 1 aliphatic heterocycles. The van der Waals surface area contributed by atoms with Gasteiger partial charge >= 0.3 is 0 Å². The van der Waals surface area contributed by atoms with E-state index in [1.165, 1.54) is 40.7 Å². The zero-order chi connectivity index (χ0) is 22.9. The monoisotopic (exact) mass is 479 g/mol. The number of aromatic nitrogens is 2. The average Bonchev–Trinajstić information content (AvgIpc) is 3.23. The lowest BCUT2D eigenvalue weighted by molar-refractivity contribution is -0.388. The van der Waals surface area contributed by atoms with Crippen LogP contribution in [0.3, 0.4) is 0 Å². The third-order valence-corrected chi connectivity index (χ3v) is 7.72. The van der Waals surface area contributed by atoms with Crippen molar-refractivity contribution >= 4 is 27.5 Å². The van der Waals surface area contributed by atoms with Crippen LogP contribution < -0.4 is 0 Å². The normalized spacial score (nSPS) is 15.7. The van der Waals surface area contributed by atoms with Crippen molar-refractivity contribution in [2.24, 2.45) is 0 Å². The summed E-state index contributed by atoms with van der Waals surface area (Å²) in [5.41, 5.74) is 0.112. The van der Waals surface area contributed by atoms with E-state index in [1.54, 1.807) is 0 Å². The van der Waals surface area contributed by atoms with Gasteiger partial charge in [0.05, 0.1) is 14.7 Å². The van der Waals surface area contributed by atoms with Gasteiger partial charge in [-0.3, -0.25) is 10.1 Å². The van der Waals surface area contributed by atoms with Crippen molar-refractivity contribution in [3.8, 4) is 11.5 Å². The number of nitrogens with zero attached hydrogens (tertiary/aromatic N) is 5. The zero-order valence-electron chi connectivity index (χ0n) is 16.8. The van der Waals surface area contributed by atoms with Crippen LogP contribution in [-0.4, -0.2) is 66.0 Å². The van der Waals surface area contributed by atoms with Crippen LogP contribution in [0.15, 0.2) is 61.9 Å². The van der Waals surface area contributed by atoms with Crippen LogP contribution in [0.2, 0.25) is 0 Å². The van der Waals surface area contributed by atoms with E-state index in [4.69, 9.17) is 4.42 Å². The molecule has 0 spiro atoms. The Morgan fingerprint density at radius 1 is 1.09 bits per heavy atom. The van der Waals surface area contributed by atoms with Crippen LogP contribution in [-0.2, 0) is 10.0 Å². The highest BCUT2D eigenvalue weighted by Crippen LogP contribution is 2.37. The van der Waals surface area contributed by atoms with E-state index >= 15 is 0 Å². The number of benzene rings is 2. The first-order valence-corrected chi connectivity index (χ1v) is 11.7. The molecule has 2 aromatic carbocycles. The van der Waals surface area contributed by atoms with Crippen LogP contribution in [0.1, 0.15) is 0 Å². The summed E-state index contributed by atoms with van der Waals surface area (Å²) in [6.45, 7) is 1.81. The van der Waals surface area contributed by atoms with Crippen molar-refractivity contribution in [3.05, 3.63) is 58.4 Å². The number of nitro benzene ring substituents is 1. The highest BCUT2D eigenvalue weighted by molar-refractivity contribution is 7.99. The van der Waals surface area contributed by atoms with Crippen LogP contribution in [0.4, 0.5) is 10.1 Å². The van der Waals surface area contributed by atoms with E-state index in [9.17, 15) is 22.9 Å². The molecule has 0 amide bonds. The first-order chi connectivity index (χ1) is 15.2. The molecule has 1 aromatic heterocycles. The molecule has 0 atom stereocenters.